The van der Waals surface area contributed by atoms with Gasteiger partial charge < -0.3 is 9.30 Å². The molecule has 0 radical (unpaired) electrons. The molecule has 0 fully saturated rings. The normalized spacial score (nSPS) is 12.0. The summed E-state index contributed by atoms with van der Waals surface area (Å²) in [6, 6.07) is 5.62. The quantitative estimate of drug-likeness (QED) is 0.531. The fraction of sp³-hybridized carbons (Fsp3) is 0.353. The monoisotopic (exact) mass is 438 g/mol. The van der Waals surface area contributed by atoms with Gasteiger partial charge in [0.25, 0.3) is 0 Å². The summed E-state index contributed by atoms with van der Waals surface area (Å²) in [7, 11) is 0. The topological polar surface area (TPSA) is 94.8 Å². The number of halogens is 1. The molecule has 11 heteroatoms. The van der Waals surface area contributed by atoms with Crippen LogP contribution in [0.3, 0.4) is 0 Å². The molecule has 0 aliphatic carbocycles. The van der Waals surface area contributed by atoms with Gasteiger partial charge in [-0.2, -0.15) is 0 Å². The Bertz CT molecular complexity index is 947. The fourth-order valence-electron chi connectivity index (χ4n) is 2.46. The number of carbonyl (C=O) groups is 1. The molecular formula is C17H19ClN6O2S2. The molecule has 0 bridgehead atoms. The number of ether oxygens (including phenoxy) is 1. The Labute approximate surface area is 175 Å². The predicted molar refractivity (Wildman–Crippen MR) is 110 cm³/mol. The number of benzene rings is 1. The lowest BCUT2D eigenvalue weighted by Gasteiger charge is -2.16. The van der Waals surface area contributed by atoms with E-state index in [1.165, 1.54) is 23.1 Å². The molecule has 2 heterocycles. The molecular weight excluding hydrogens is 420 g/mol. The van der Waals surface area contributed by atoms with E-state index in [1.54, 1.807) is 11.6 Å². The first kappa shape index (κ1) is 20.6. The van der Waals surface area contributed by atoms with Crippen LogP contribution in [0.4, 0.5) is 5.13 Å². The number of nitrogens with one attached hydrogen (secondary N) is 1. The van der Waals surface area contributed by atoms with E-state index in [-0.39, 0.29) is 17.8 Å². The molecule has 1 aromatic carbocycles. The summed E-state index contributed by atoms with van der Waals surface area (Å²) >= 11 is 8.80. The zero-order valence-electron chi connectivity index (χ0n) is 15.5. The smallest absolute Gasteiger partial charge is 0.236 e. The minimum Gasteiger partial charge on any atom is -0.481 e. The van der Waals surface area contributed by atoms with Gasteiger partial charge in [-0.1, -0.05) is 40.8 Å². The van der Waals surface area contributed by atoms with Gasteiger partial charge in [-0.05, 0) is 38.5 Å². The Morgan fingerprint density at radius 2 is 2.21 bits per heavy atom. The molecule has 1 atom stereocenters. The Morgan fingerprint density at radius 3 is 2.93 bits per heavy atom. The highest BCUT2D eigenvalue weighted by Crippen LogP contribution is 2.30. The number of amides is 1. The number of aromatic nitrogens is 5. The molecule has 1 N–H and O–H groups in total. The predicted octanol–water partition coefficient (Wildman–Crippen LogP) is 3.98. The van der Waals surface area contributed by atoms with Gasteiger partial charge in [0.2, 0.25) is 11.0 Å². The van der Waals surface area contributed by atoms with E-state index in [9.17, 15) is 4.79 Å². The Hall–Kier alpha value is -2.17. The van der Waals surface area contributed by atoms with Crippen LogP contribution in [0.15, 0.2) is 28.9 Å². The molecule has 3 rings (SSSR count). The largest absolute Gasteiger partial charge is 0.481 e. The summed E-state index contributed by atoms with van der Waals surface area (Å²) in [6.07, 6.45) is -0.351. The van der Waals surface area contributed by atoms with Crippen molar-refractivity contribution in [2.45, 2.75) is 38.6 Å². The Balaban J connectivity index is 1.67. The summed E-state index contributed by atoms with van der Waals surface area (Å²) in [5.41, 5.74) is 2.62. The second kappa shape index (κ2) is 9.35. The first-order valence-electron chi connectivity index (χ1n) is 8.52. The van der Waals surface area contributed by atoms with Crippen molar-refractivity contribution >= 4 is 45.7 Å². The minimum absolute atomic E-state index is 0.176. The lowest BCUT2D eigenvalue weighted by Crippen LogP contribution is -2.15. The van der Waals surface area contributed by atoms with Crippen molar-refractivity contribution in [2.75, 3.05) is 11.1 Å². The maximum absolute atomic E-state index is 12.0. The van der Waals surface area contributed by atoms with Crippen molar-refractivity contribution in [1.82, 2.24) is 25.0 Å². The van der Waals surface area contributed by atoms with Gasteiger partial charge in [0.05, 0.1) is 10.8 Å². The van der Waals surface area contributed by atoms with Gasteiger partial charge in [-0.15, -0.1) is 20.4 Å². The SMILES string of the molecule is CCn1c(SCC(=O)Nc2nncs2)nnc1C(C)Oc1cc(C)ccc1Cl. The van der Waals surface area contributed by atoms with Crippen LogP contribution < -0.4 is 10.1 Å². The Morgan fingerprint density at radius 1 is 1.39 bits per heavy atom. The highest BCUT2D eigenvalue weighted by atomic mass is 35.5. The highest BCUT2D eigenvalue weighted by molar-refractivity contribution is 7.99. The van der Waals surface area contributed by atoms with E-state index >= 15 is 0 Å². The lowest BCUT2D eigenvalue weighted by atomic mass is 10.2. The van der Waals surface area contributed by atoms with Gasteiger partial charge in [0.15, 0.2) is 17.1 Å². The maximum atomic E-state index is 12.0. The van der Waals surface area contributed by atoms with Crippen LogP contribution in [-0.4, -0.2) is 36.6 Å². The second-order valence-electron chi connectivity index (χ2n) is 5.86. The molecule has 0 aliphatic rings. The van der Waals surface area contributed by atoms with E-state index in [4.69, 9.17) is 16.3 Å². The standard InChI is InChI=1S/C17H19ClN6O2S2/c1-4-24-15(11(3)26-13-7-10(2)5-6-12(13)18)21-23-17(24)27-8-14(25)20-16-22-19-9-28-16/h5-7,9,11H,4,8H2,1-3H3,(H,20,22,25). The number of carbonyl (C=O) groups excluding carboxylic acids is 1. The summed E-state index contributed by atoms with van der Waals surface area (Å²) in [4.78, 5) is 12.0. The van der Waals surface area contributed by atoms with Gasteiger partial charge in [0, 0.05) is 6.54 Å². The van der Waals surface area contributed by atoms with Crippen molar-refractivity contribution < 1.29 is 9.53 Å². The van der Waals surface area contributed by atoms with Crippen LogP contribution in [0.2, 0.25) is 5.02 Å². The lowest BCUT2D eigenvalue weighted by molar-refractivity contribution is -0.113. The number of nitrogens with zero attached hydrogens (tertiary/aromatic N) is 5. The van der Waals surface area contributed by atoms with Crippen molar-refractivity contribution in [3.05, 3.63) is 40.1 Å². The number of aryl methyl sites for hydroxylation is 1. The van der Waals surface area contributed by atoms with Crippen LogP contribution in [0, 0.1) is 6.92 Å². The molecule has 0 saturated carbocycles. The molecule has 0 aliphatic heterocycles. The van der Waals surface area contributed by atoms with Crippen LogP contribution in [0.25, 0.3) is 0 Å². The zero-order valence-corrected chi connectivity index (χ0v) is 17.9. The van der Waals surface area contributed by atoms with Crippen molar-refractivity contribution in [2.24, 2.45) is 0 Å². The third-order valence-corrected chi connectivity index (χ3v) is 5.64. The van der Waals surface area contributed by atoms with Crippen molar-refractivity contribution in [3.63, 3.8) is 0 Å². The first-order valence-corrected chi connectivity index (χ1v) is 10.8. The van der Waals surface area contributed by atoms with Crippen molar-refractivity contribution in [1.29, 1.82) is 0 Å². The Kier molecular flexibility index (Phi) is 6.87. The van der Waals surface area contributed by atoms with Gasteiger partial charge in [-0.3, -0.25) is 10.1 Å². The van der Waals surface area contributed by atoms with E-state index in [0.29, 0.717) is 33.4 Å². The average Bonchev–Trinajstić information content (AvgIpc) is 3.32. The van der Waals surface area contributed by atoms with Gasteiger partial charge in [-0.25, -0.2) is 0 Å². The molecule has 3 aromatic rings. The highest BCUT2D eigenvalue weighted by Gasteiger charge is 2.20. The van der Waals surface area contributed by atoms with Crippen LogP contribution in [0.1, 0.15) is 31.3 Å². The molecule has 1 unspecified atom stereocenters. The second-order valence-corrected chi connectivity index (χ2v) is 8.04. The third-order valence-electron chi connectivity index (χ3n) is 3.75. The minimum atomic E-state index is -0.351. The summed E-state index contributed by atoms with van der Waals surface area (Å²) < 4.78 is 7.93. The molecule has 2 aromatic heterocycles. The summed E-state index contributed by atoms with van der Waals surface area (Å²) in [5, 5.41) is 20.3. The maximum Gasteiger partial charge on any atom is 0.236 e. The fourth-order valence-corrected chi connectivity index (χ4v) is 3.89. The van der Waals surface area contributed by atoms with E-state index in [0.717, 1.165) is 5.56 Å². The number of rotatable bonds is 8. The van der Waals surface area contributed by atoms with Crippen molar-refractivity contribution in [3.8, 4) is 5.75 Å². The third kappa shape index (κ3) is 5.00. The van der Waals surface area contributed by atoms with E-state index in [2.05, 4.69) is 25.7 Å². The molecule has 0 spiro atoms. The van der Waals surface area contributed by atoms with Gasteiger partial charge >= 0.3 is 0 Å². The summed E-state index contributed by atoms with van der Waals surface area (Å²) in [6.45, 7) is 6.51. The molecule has 148 valence electrons. The molecule has 8 nitrogen and oxygen atoms in total. The first-order chi connectivity index (χ1) is 13.5. The molecule has 0 saturated heterocycles. The molecule has 1 amide bonds. The number of hydrogen-bond donors (Lipinski definition) is 1. The zero-order chi connectivity index (χ0) is 20.1. The van der Waals surface area contributed by atoms with E-state index in [1.807, 2.05) is 37.5 Å². The average molecular weight is 439 g/mol. The molecule has 28 heavy (non-hydrogen) atoms. The van der Waals surface area contributed by atoms with Gasteiger partial charge in [0.1, 0.15) is 11.3 Å². The van der Waals surface area contributed by atoms with E-state index < -0.39 is 0 Å². The number of thioether (sulfide) groups is 1. The van der Waals surface area contributed by atoms with Crippen LogP contribution in [0.5, 0.6) is 5.75 Å². The number of anilines is 1. The van der Waals surface area contributed by atoms with Crippen LogP contribution in [-0.2, 0) is 11.3 Å². The van der Waals surface area contributed by atoms with Crippen LogP contribution >= 0.6 is 34.7 Å². The summed E-state index contributed by atoms with van der Waals surface area (Å²) in [5.74, 6) is 1.29. The number of hydrogen-bond acceptors (Lipinski definition) is 8.